The van der Waals surface area contributed by atoms with Crippen molar-refractivity contribution in [1.29, 1.82) is 0 Å². The van der Waals surface area contributed by atoms with E-state index in [9.17, 15) is 0 Å². The molecule has 18 heavy (non-hydrogen) atoms. The molecule has 2 heteroatoms. The van der Waals surface area contributed by atoms with Crippen LogP contribution in [0.15, 0.2) is 17.5 Å². The third-order valence-corrected chi connectivity index (χ3v) is 6.72. The van der Waals surface area contributed by atoms with E-state index < -0.39 is 0 Å². The van der Waals surface area contributed by atoms with Gasteiger partial charge in [0.05, 0.1) is 5.54 Å². The minimum absolute atomic E-state index is 0.456. The first-order valence-electron chi connectivity index (χ1n) is 7.68. The SMILES string of the molecule is c1csc(C2(N3CCCCC3)CC3CCC2C3)c1. The summed E-state index contributed by atoms with van der Waals surface area (Å²) >= 11 is 2.01. The van der Waals surface area contributed by atoms with Crippen LogP contribution >= 0.6 is 11.3 Å². The van der Waals surface area contributed by atoms with E-state index in [2.05, 4.69) is 22.4 Å². The molecule has 2 saturated carbocycles. The predicted octanol–water partition coefficient (Wildman–Crippen LogP) is 4.25. The zero-order valence-electron chi connectivity index (χ0n) is 11.1. The van der Waals surface area contributed by atoms with Crippen molar-refractivity contribution >= 4 is 11.3 Å². The summed E-state index contributed by atoms with van der Waals surface area (Å²) in [6.07, 6.45) is 10.2. The minimum Gasteiger partial charge on any atom is -0.293 e. The van der Waals surface area contributed by atoms with Gasteiger partial charge in [-0.15, -0.1) is 11.3 Å². The first-order valence-corrected chi connectivity index (χ1v) is 8.56. The normalized spacial score (nSPS) is 40.4. The third-order valence-electron chi connectivity index (χ3n) is 5.68. The lowest BCUT2D eigenvalue weighted by molar-refractivity contribution is 0.0184. The van der Waals surface area contributed by atoms with Gasteiger partial charge in [0.25, 0.3) is 0 Å². The van der Waals surface area contributed by atoms with E-state index in [4.69, 9.17) is 0 Å². The molecule has 3 atom stereocenters. The molecular formula is C16H23NS. The molecule has 0 radical (unpaired) electrons. The van der Waals surface area contributed by atoms with Crippen LogP contribution in [0.4, 0.5) is 0 Å². The highest BCUT2D eigenvalue weighted by molar-refractivity contribution is 7.10. The molecule has 1 aromatic heterocycles. The summed E-state index contributed by atoms with van der Waals surface area (Å²) in [4.78, 5) is 4.56. The van der Waals surface area contributed by atoms with E-state index in [1.54, 1.807) is 4.88 Å². The summed E-state index contributed by atoms with van der Waals surface area (Å²) < 4.78 is 0. The Hall–Kier alpha value is -0.340. The summed E-state index contributed by atoms with van der Waals surface area (Å²) in [5.41, 5.74) is 0.456. The van der Waals surface area contributed by atoms with Crippen molar-refractivity contribution in [1.82, 2.24) is 4.90 Å². The van der Waals surface area contributed by atoms with Crippen molar-refractivity contribution in [2.24, 2.45) is 11.8 Å². The molecule has 2 bridgehead atoms. The van der Waals surface area contributed by atoms with Crippen LogP contribution in [0.3, 0.4) is 0 Å². The number of likely N-dealkylation sites (tertiary alicyclic amines) is 1. The van der Waals surface area contributed by atoms with E-state index >= 15 is 0 Å². The molecule has 0 N–H and O–H groups in total. The molecule has 0 spiro atoms. The molecule has 98 valence electrons. The molecule has 4 rings (SSSR count). The summed E-state index contributed by atoms with van der Waals surface area (Å²) in [5.74, 6) is 1.98. The van der Waals surface area contributed by atoms with Crippen LogP contribution in [0.2, 0.25) is 0 Å². The van der Waals surface area contributed by atoms with Crippen molar-refractivity contribution in [3.63, 3.8) is 0 Å². The van der Waals surface area contributed by atoms with Crippen molar-refractivity contribution < 1.29 is 0 Å². The smallest absolute Gasteiger partial charge is 0.0584 e. The maximum Gasteiger partial charge on any atom is 0.0584 e. The summed E-state index contributed by atoms with van der Waals surface area (Å²) in [6.45, 7) is 2.70. The fraction of sp³-hybridized carbons (Fsp3) is 0.750. The van der Waals surface area contributed by atoms with Gasteiger partial charge in [-0.25, -0.2) is 0 Å². The lowest BCUT2D eigenvalue weighted by atomic mass is 9.77. The molecule has 1 saturated heterocycles. The van der Waals surface area contributed by atoms with Gasteiger partial charge in [0, 0.05) is 4.88 Å². The van der Waals surface area contributed by atoms with Gasteiger partial charge in [0.15, 0.2) is 0 Å². The molecule has 0 aromatic carbocycles. The topological polar surface area (TPSA) is 3.24 Å². The quantitative estimate of drug-likeness (QED) is 0.769. The Morgan fingerprint density at radius 2 is 2.06 bits per heavy atom. The fourth-order valence-electron chi connectivity index (χ4n) is 4.96. The van der Waals surface area contributed by atoms with E-state index in [1.807, 2.05) is 11.3 Å². The summed E-state index contributed by atoms with van der Waals surface area (Å²) in [6, 6.07) is 4.68. The van der Waals surface area contributed by atoms with Gasteiger partial charge in [-0.05, 0) is 68.5 Å². The van der Waals surface area contributed by atoms with Gasteiger partial charge in [-0.3, -0.25) is 4.90 Å². The highest BCUT2D eigenvalue weighted by Crippen LogP contribution is 2.59. The van der Waals surface area contributed by atoms with Crippen LogP contribution in [-0.2, 0) is 5.54 Å². The largest absolute Gasteiger partial charge is 0.293 e. The van der Waals surface area contributed by atoms with Gasteiger partial charge >= 0.3 is 0 Å². The molecular weight excluding hydrogens is 238 g/mol. The standard InChI is InChI=1S/C16H23NS/c1-2-8-17(9-3-1)16(15-5-4-10-18-15)12-13-6-7-14(16)11-13/h4-5,10,13-14H,1-3,6-9,11-12H2. The zero-order chi connectivity index (χ0) is 12.0. The molecule has 3 fully saturated rings. The Bertz CT molecular complexity index is 407. The Morgan fingerprint density at radius 1 is 1.17 bits per heavy atom. The Morgan fingerprint density at radius 3 is 2.67 bits per heavy atom. The molecule has 1 aliphatic heterocycles. The molecule has 1 nitrogen and oxygen atoms in total. The second-order valence-corrected chi connectivity index (χ2v) is 7.48. The molecule has 0 amide bonds. The first kappa shape index (κ1) is 11.5. The second-order valence-electron chi connectivity index (χ2n) is 6.53. The van der Waals surface area contributed by atoms with Gasteiger partial charge in [-0.2, -0.15) is 0 Å². The minimum atomic E-state index is 0.456. The van der Waals surface area contributed by atoms with Crippen LogP contribution in [-0.4, -0.2) is 18.0 Å². The van der Waals surface area contributed by atoms with Crippen LogP contribution < -0.4 is 0 Å². The van der Waals surface area contributed by atoms with Gasteiger partial charge in [-0.1, -0.05) is 18.9 Å². The predicted molar refractivity (Wildman–Crippen MR) is 76.9 cm³/mol. The number of thiophene rings is 1. The second kappa shape index (κ2) is 4.35. The lowest BCUT2D eigenvalue weighted by Gasteiger charge is -2.48. The Kier molecular flexibility index (Phi) is 2.77. The number of fused-ring (bicyclic) bond motifs is 2. The van der Waals surface area contributed by atoms with E-state index in [1.165, 1.54) is 58.0 Å². The number of hydrogen-bond acceptors (Lipinski definition) is 2. The molecule has 3 aliphatic rings. The molecule has 3 unspecified atom stereocenters. The van der Waals surface area contributed by atoms with Crippen molar-refractivity contribution in [2.75, 3.05) is 13.1 Å². The number of piperidine rings is 1. The Labute approximate surface area is 114 Å². The number of nitrogens with zero attached hydrogens (tertiary/aromatic N) is 1. The first-order chi connectivity index (χ1) is 8.89. The van der Waals surface area contributed by atoms with E-state index in [0.29, 0.717) is 5.54 Å². The molecule has 2 heterocycles. The highest BCUT2D eigenvalue weighted by atomic mass is 32.1. The lowest BCUT2D eigenvalue weighted by Crippen LogP contribution is -2.51. The van der Waals surface area contributed by atoms with Gasteiger partial charge in [0.1, 0.15) is 0 Å². The van der Waals surface area contributed by atoms with Crippen LogP contribution in [0.5, 0.6) is 0 Å². The zero-order valence-corrected chi connectivity index (χ0v) is 11.9. The fourth-order valence-corrected chi connectivity index (χ4v) is 6.01. The van der Waals surface area contributed by atoms with Crippen LogP contribution in [0, 0.1) is 11.8 Å². The van der Waals surface area contributed by atoms with Crippen LogP contribution in [0.25, 0.3) is 0 Å². The number of hydrogen-bond donors (Lipinski definition) is 0. The average molecular weight is 261 g/mol. The maximum absolute atomic E-state index is 2.88. The summed E-state index contributed by atoms with van der Waals surface area (Å²) in [5, 5.41) is 2.28. The van der Waals surface area contributed by atoms with Gasteiger partial charge < -0.3 is 0 Å². The average Bonchev–Trinajstić information content (AvgIpc) is 3.16. The molecule has 2 aliphatic carbocycles. The van der Waals surface area contributed by atoms with Crippen LogP contribution in [0.1, 0.15) is 49.8 Å². The maximum atomic E-state index is 2.88. The van der Waals surface area contributed by atoms with Crippen molar-refractivity contribution in [2.45, 2.75) is 50.5 Å². The van der Waals surface area contributed by atoms with Crippen molar-refractivity contribution in [3.8, 4) is 0 Å². The van der Waals surface area contributed by atoms with E-state index in [0.717, 1.165) is 11.8 Å². The summed E-state index contributed by atoms with van der Waals surface area (Å²) in [7, 11) is 0. The third kappa shape index (κ3) is 1.55. The van der Waals surface area contributed by atoms with E-state index in [-0.39, 0.29) is 0 Å². The molecule has 1 aromatic rings. The number of rotatable bonds is 2. The Balaban J connectivity index is 1.73. The monoisotopic (exact) mass is 261 g/mol. The highest BCUT2D eigenvalue weighted by Gasteiger charge is 2.55. The van der Waals surface area contributed by atoms with Gasteiger partial charge in [0.2, 0.25) is 0 Å². The van der Waals surface area contributed by atoms with Crippen molar-refractivity contribution in [3.05, 3.63) is 22.4 Å².